The molecule has 1 heterocycles. The molecule has 6 nitrogen and oxygen atoms in total. The predicted octanol–water partition coefficient (Wildman–Crippen LogP) is 2.72. The van der Waals surface area contributed by atoms with Crippen molar-refractivity contribution in [3.63, 3.8) is 0 Å². The summed E-state index contributed by atoms with van der Waals surface area (Å²) in [5.74, 6) is 7.37. The quantitative estimate of drug-likeness (QED) is 0.650. The molecule has 0 saturated heterocycles. The molecular weight excluding hydrogens is 312 g/mol. The van der Waals surface area contributed by atoms with E-state index in [1.165, 1.54) is 6.33 Å². The first-order valence-electron chi connectivity index (χ1n) is 5.63. The smallest absolute Gasteiger partial charge is 0.239 e. The fourth-order valence-electron chi connectivity index (χ4n) is 1.44. The molecule has 0 fully saturated rings. The highest BCUT2D eigenvalue weighted by atomic mass is 79.9. The maximum atomic E-state index is 5.72. The average molecular weight is 325 g/mol. The molecule has 1 aromatic heterocycles. The van der Waals surface area contributed by atoms with Gasteiger partial charge in [-0.15, -0.1) is 0 Å². The molecule has 0 saturated carbocycles. The van der Waals surface area contributed by atoms with Crippen LogP contribution in [-0.4, -0.2) is 16.6 Å². The van der Waals surface area contributed by atoms with Crippen LogP contribution in [0.15, 0.2) is 35.1 Å². The minimum absolute atomic E-state index is 0.357. The number of nitrogens with one attached hydrogen (secondary N) is 1. The monoisotopic (exact) mass is 324 g/mol. The Morgan fingerprint density at radius 2 is 2.00 bits per heavy atom. The number of nitrogen functional groups attached to an aromatic ring is 1. The zero-order valence-corrected chi connectivity index (χ0v) is 11.8. The van der Waals surface area contributed by atoms with Gasteiger partial charge in [0, 0.05) is 0 Å². The van der Waals surface area contributed by atoms with Crippen molar-refractivity contribution >= 4 is 21.7 Å². The van der Waals surface area contributed by atoms with Crippen molar-refractivity contribution in [1.29, 1.82) is 0 Å². The standard InChI is InChI=1S/C12H13BrN4O2/c1-2-18-8-5-3-4-6-9(8)19-12-10(13)11(17-14)15-7-16-12/h3-7H,2,14H2,1H3,(H,15,16,17). The van der Waals surface area contributed by atoms with Gasteiger partial charge in [-0.1, -0.05) is 12.1 Å². The Balaban J connectivity index is 2.31. The van der Waals surface area contributed by atoms with E-state index in [1.54, 1.807) is 6.07 Å². The van der Waals surface area contributed by atoms with Gasteiger partial charge in [0.2, 0.25) is 5.88 Å². The first kappa shape index (κ1) is 13.6. The second kappa shape index (κ2) is 6.35. The third kappa shape index (κ3) is 3.12. The number of benzene rings is 1. The highest BCUT2D eigenvalue weighted by Gasteiger charge is 2.12. The van der Waals surface area contributed by atoms with Gasteiger partial charge < -0.3 is 14.9 Å². The van der Waals surface area contributed by atoms with Gasteiger partial charge in [0.05, 0.1) is 6.61 Å². The summed E-state index contributed by atoms with van der Waals surface area (Å²) in [6.07, 6.45) is 1.36. The highest BCUT2D eigenvalue weighted by Crippen LogP contribution is 2.35. The van der Waals surface area contributed by atoms with Crippen LogP contribution in [0.2, 0.25) is 0 Å². The van der Waals surface area contributed by atoms with E-state index in [0.29, 0.717) is 34.3 Å². The molecule has 0 amide bonds. The second-order valence-electron chi connectivity index (χ2n) is 3.47. The van der Waals surface area contributed by atoms with Crippen LogP contribution in [0.1, 0.15) is 6.92 Å². The number of ether oxygens (including phenoxy) is 2. The summed E-state index contributed by atoms with van der Waals surface area (Å²) in [6, 6.07) is 7.36. The highest BCUT2D eigenvalue weighted by molar-refractivity contribution is 9.10. The van der Waals surface area contributed by atoms with Crippen LogP contribution in [0.4, 0.5) is 5.82 Å². The summed E-state index contributed by atoms with van der Waals surface area (Å²) < 4.78 is 11.7. The number of halogens is 1. The molecule has 2 rings (SSSR count). The van der Waals surface area contributed by atoms with Crippen molar-refractivity contribution in [2.75, 3.05) is 12.0 Å². The summed E-state index contributed by atoms with van der Waals surface area (Å²) in [4.78, 5) is 8.00. The van der Waals surface area contributed by atoms with E-state index < -0.39 is 0 Å². The van der Waals surface area contributed by atoms with Crippen LogP contribution in [0.25, 0.3) is 0 Å². The Morgan fingerprint density at radius 3 is 2.68 bits per heavy atom. The van der Waals surface area contributed by atoms with Crippen molar-refractivity contribution in [3.8, 4) is 17.4 Å². The molecule has 0 aliphatic carbocycles. The molecular formula is C12H13BrN4O2. The van der Waals surface area contributed by atoms with Crippen LogP contribution < -0.4 is 20.7 Å². The molecule has 2 aromatic rings. The lowest BCUT2D eigenvalue weighted by Crippen LogP contribution is -2.10. The zero-order valence-electron chi connectivity index (χ0n) is 10.3. The fourth-order valence-corrected chi connectivity index (χ4v) is 1.84. The third-order valence-electron chi connectivity index (χ3n) is 2.25. The SMILES string of the molecule is CCOc1ccccc1Oc1ncnc(NN)c1Br. The number of para-hydroxylation sites is 2. The molecule has 0 atom stereocenters. The maximum absolute atomic E-state index is 5.72. The molecule has 3 N–H and O–H groups in total. The maximum Gasteiger partial charge on any atom is 0.239 e. The summed E-state index contributed by atoms with van der Waals surface area (Å²) >= 11 is 3.33. The van der Waals surface area contributed by atoms with E-state index in [0.717, 1.165) is 0 Å². The van der Waals surface area contributed by atoms with Crippen LogP contribution in [0.3, 0.4) is 0 Å². The number of hydrogen-bond acceptors (Lipinski definition) is 6. The number of aromatic nitrogens is 2. The molecule has 0 spiro atoms. The lowest BCUT2D eigenvalue weighted by molar-refractivity contribution is 0.319. The second-order valence-corrected chi connectivity index (χ2v) is 4.26. The minimum Gasteiger partial charge on any atom is -0.490 e. The lowest BCUT2D eigenvalue weighted by Gasteiger charge is -2.12. The predicted molar refractivity (Wildman–Crippen MR) is 75.2 cm³/mol. The van der Waals surface area contributed by atoms with Crippen LogP contribution in [0, 0.1) is 0 Å². The van der Waals surface area contributed by atoms with Crippen molar-refractivity contribution < 1.29 is 9.47 Å². The molecule has 0 aliphatic rings. The molecule has 0 aliphatic heterocycles. The fraction of sp³-hybridized carbons (Fsp3) is 0.167. The molecule has 1 aromatic carbocycles. The van der Waals surface area contributed by atoms with E-state index in [9.17, 15) is 0 Å². The van der Waals surface area contributed by atoms with Crippen molar-refractivity contribution in [2.45, 2.75) is 6.92 Å². The molecule has 0 unspecified atom stereocenters. The first-order valence-corrected chi connectivity index (χ1v) is 6.42. The largest absolute Gasteiger partial charge is 0.490 e. The summed E-state index contributed by atoms with van der Waals surface area (Å²) in [5, 5.41) is 0. The topological polar surface area (TPSA) is 82.3 Å². The van der Waals surface area contributed by atoms with Crippen LogP contribution in [-0.2, 0) is 0 Å². The number of rotatable bonds is 5. The van der Waals surface area contributed by atoms with Gasteiger partial charge in [0.15, 0.2) is 17.3 Å². The number of anilines is 1. The van der Waals surface area contributed by atoms with E-state index in [4.69, 9.17) is 15.3 Å². The van der Waals surface area contributed by atoms with E-state index in [2.05, 4.69) is 31.3 Å². The number of hydrogen-bond donors (Lipinski definition) is 2. The van der Waals surface area contributed by atoms with E-state index in [1.807, 2.05) is 25.1 Å². The molecule has 100 valence electrons. The van der Waals surface area contributed by atoms with Gasteiger partial charge in [-0.25, -0.2) is 15.8 Å². The van der Waals surface area contributed by atoms with Crippen LogP contribution >= 0.6 is 15.9 Å². The number of nitrogens with zero attached hydrogens (tertiary/aromatic N) is 2. The Labute approximate surface area is 119 Å². The third-order valence-corrected chi connectivity index (χ3v) is 2.96. The summed E-state index contributed by atoms with van der Waals surface area (Å²) in [6.45, 7) is 2.47. The zero-order chi connectivity index (χ0) is 13.7. The average Bonchev–Trinajstić information content (AvgIpc) is 2.43. The number of nitrogens with two attached hydrogens (primary N) is 1. The Hall–Kier alpha value is -1.86. The normalized spacial score (nSPS) is 10.1. The molecule has 0 radical (unpaired) electrons. The molecule has 0 bridgehead atoms. The Kier molecular flexibility index (Phi) is 4.53. The van der Waals surface area contributed by atoms with Gasteiger partial charge >= 0.3 is 0 Å². The summed E-state index contributed by atoms with van der Waals surface area (Å²) in [5.41, 5.74) is 2.45. The number of hydrazine groups is 1. The van der Waals surface area contributed by atoms with Gasteiger partial charge in [-0.2, -0.15) is 0 Å². The van der Waals surface area contributed by atoms with Gasteiger partial charge in [-0.05, 0) is 35.0 Å². The van der Waals surface area contributed by atoms with Gasteiger partial charge in [-0.3, -0.25) is 0 Å². The Bertz CT molecular complexity index is 565. The van der Waals surface area contributed by atoms with E-state index >= 15 is 0 Å². The summed E-state index contributed by atoms with van der Waals surface area (Å²) in [7, 11) is 0. The first-order chi connectivity index (χ1) is 9.26. The Morgan fingerprint density at radius 1 is 1.26 bits per heavy atom. The molecule has 7 heteroatoms. The minimum atomic E-state index is 0.357. The van der Waals surface area contributed by atoms with Crippen molar-refractivity contribution in [3.05, 3.63) is 35.1 Å². The van der Waals surface area contributed by atoms with Crippen molar-refractivity contribution in [2.24, 2.45) is 5.84 Å². The van der Waals surface area contributed by atoms with Gasteiger partial charge in [0.25, 0.3) is 0 Å². The van der Waals surface area contributed by atoms with E-state index in [-0.39, 0.29) is 0 Å². The van der Waals surface area contributed by atoms with Gasteiger partial charge in [0.1, 0.15) is 10.8 Å². The van der Waals surface area contributed by atoms with Crippen LogP contribution in [0.5, 0.6) is 17.4 Å². The molecule has 19 heavy (non-hydrogen) atoms. The lowest BCUT2D eigenvalue weighted by atomic mass is 10.3. The van der Waals surface area contributed by atoms with Crippen molar-refractivity contribution in [1.82, 2.24) is 9.97 Å².